The Hall–Kier alpha value is -2.69. The average molecular weight is 365 g/mol. The molecule has 2 aromatic rings. The van der Waals surface area contributed by atoms with Crippen LogP contribution in [0, 0.1) is 11.3 Å². The van der Waals surface area contributed by atoms with Crippen LogP contribution in [-0.4, -0.2) is 60.2 Å². The third kappa shape index (κ3) is 3.34. The third-order valence-electron chi connectivity index (χ3n) is 5.28. The fourth-order valence-corrected chi connectivity index (χ4v) is 4.00. The van der Waals surface area contributed by atoms with Gasteiger partial charge in [0.1, 0.15) is 6.07 Å². The number of carbonyl (C=O) groups is 1. The maximum absolute atomic E-state index is 12.9. The summed E-state index contributed by atoms with van der Waals surface area (Å²) in [6.07, 6.45) is 1.94. The summed E-state index contributed by atoms with van der Waals surface area (Å²) in [6, 6.07) is 9.82. The quantitative estimate of drug-likeness (QED) is 0.861. The first-order chi connectivity index (χ1) is 13.1. The number of morpholine rings is 1. The normalized spacial score (nSPS) is 25.6. The van der Waals surface area contributed by atoms with Crippen LogP contribution in [0.15, 0.2) is 30.5 Å². The van der Waals surface area contributed by atoms with E-state index in [1.807, 2.05) is 30.0 Å². The molecule has 0 saturated carbocycles. The molecule has 2 aliphatic heterocycles. The van der Waals surface area contributed by atoms with E-state index in [2.05, 4.69) is 16.0 Å². The Labute approximate surface area is 158 Å². The lowest BCUT2D eigenvalue weighted by molar-refractivity contribution is -0.147. The van der Waals surface area contributed by atoms with Crippen LogP contribution in [0.1, 0.15) is 18.9 Å². The molecule has 1 amide bonds. The zero-order chi connectivity index (χ0) is 19.0. The largest absolute Gasteiger partial charge is 0.365 e. The summed E-state index contributed by atoms with van der Waals surface area (Å²) in [5.41, 5.74) is 8.16. The molecule has 2 aliphatic rings. The highest BCUT2D eigenvalue weighted by Crippen LogP contribution is 2.30. The van der Waals surface area contributed by atoms with Gasteiger partial charge in [-0.2, -0.15) is 5.26 Å². The molecular weight excluding hydrogens is 342 g/mol. The summed E-state index contributed by atoms with van der Waals surface area (Å²) in [6.45, 7) is 4.42. The minimum atomic E-state index is -0.513. The van der Waals surface area contributed by atoms with Crippen molar-refractivity contribution in [3.8, 4) is 6.07 Å². The van der Waals surface area contributed by atoms with Gasteiger partial charge in [-0.15, -0.1) is 0 Å². The summed E-state index contributed by atoms with van der Waals surface area (Å²) in [4.78, 5) is 21.3. The average Bonchev–Trinajstić information content (AvgIpc) is 3.12. The van der Waals surface area contributed by atoms with Gasteiger partial charge in [0.2, 0.25) is 0 Å². The van der Waals surface area contributed by atoms with Gasteiger partial charge in [-0.25, -0.2) is 0 Å². The lowest BCUT2D eigenvalue weighted by atomic mass is 10.1. The van der Waals surface area contributed by atoms with Gasteiger partial charge in [0.25, 0.3) is 5.91 Å². The number of hydrogen-bond donors (Lipinski definition) is 1. The van der Waals surface area contributed by atoms with Gasteiger partial charge >= 0.3 is 0 Å². The number of pyridine rings is 1. The van der Waals surface area contributed by atoms with Gasteiger partial charge in [0, 0.05) is 42.9 Å². The molecule has 1 aromatic heterocycles. The second kappa shape index (κ2) is 7.14. The van der Waals surface area contributed by atoms with Crippen LogP contribution in [0.3, 0.4) is 0 Å². The van der Waals surface area contributed by atoms with Crippen molar-refractivity contribution in [3.05, 3.63) is 36.0 Å². The summed E-state index contributed by atoms with van der Waals surface area (Å²) in [7, 11) is 0. The fourth-order valence-electron chi connectivity index (χ4n) is 4.00. The number of benzene rings is 1. The number of hydrogen-bond acceptors (Lipinski definition) is 6. The Bertz CT molecular complexity index is 909. The Kier molecular flexibility index (Phi) is 4.68. The van der Waals surface area contributed by atoms with Gasteiger partial charge < -0.3 is 20.3 Å². The molecular formula is C20H23N5O2. The second-order valence-corrected chi connectivity index (χ2v) is 7.32. The summed E-state index contributed by atoms with van der Waals surface area (Å²) in [5, 5.41) is 10.3. The molecule has 2 fully saturated rings. The summed E-state index contributed by atoms with van der Waals surface area (Å²) < 4.78 is 5.96. The first-order valence-corrected chi connectivity index (χ1v) is 9.29. The van der Waals surface area contributed by atoms with Crippen LogP contribution in [0.25, 0.3) is 10.9 Å². The molecule has 2 saturated heterocycles. The number of fused-ring (bicyclic) bond motifs is 1. The van der Waals surface area contributed by atoms with Crippen molar-refractivity contribution in [3.63, 3.8) is 0 Å². The summed E-state index contributed by atoms with van der Waals surface area (Å²) in [5.74, 6) is 0.00979. The molecule has 1 aromatic carbocycles. The van der Waals surface area contributed by atoms with E-state index in [1.54, 1.807) is 12.3 Å². The van der Waals surface area contributed by atoms with Crippen molar-refractivity contribution < 1.29 is 9.53 Å². The smallest absolute Gasteiger partial charge is 0.253 e. The second-order valence-electron chi connectivity index (χ2n) is 7.32. The number of likely N-dealkylation sites (tertiary alicyclic amines) is 1. The Morgan fingerprint density at radius 3 is 2.93 bits per heavy atom. The predicted octanol–water partition coefficient (Wildman–Crippen LogP) is 1.26. The molecule has 3 heterocycles. The van der Waals surface area contributed by atoms with Crippen molar-refractivity contribution >= 4 is 22.5 Å². The lowest BCUT2D eigenvalue weighted by Gasteiger charge is -2.39. The highest BCUT2D eigenvalue weighted by molar-refractivity contribution is 5.95. The van der Waals surface area contributed by atoms with E-state index in [9.17, 15) is 10.1 Å². The van der Waals surface area contributed by atoms with Gasteiger partial charge in [-0.3, -0.25) is 9.78 Å². The maximum atomic E-state index is 12.9. The van der Waals surface area contributed by atoms with Gasteiger partial charge in [0.05, 0.1) is 23.7 Å². The molecule has 27 heavy (non-hydrogen) atoms. The molecule has 0 spiro atoms. The number of aromatic nitrogens is 1. The molecule has 4 rings (SSSR count). The number of nitrogens with two attached hydrogens (primary N) is 1. The molecule has 0 radical (unpaired) electrons. The van der Waals surface area contributed by atoms with Gasteiger partial charge in [0.15, 0.2) is 6.10 Å². The first-order valence-electron chi connectivity index (χ1n) is 9.29. The Morgan fingerprint density at radius 1 is 1.33 bits per heavy atom. The standard InChI is InChI=1S/C20H23N5O2/c1-13-10-25(12-18(27-13)20(26)24-8-6-15(22)11-24)17-5-4-14(9-21)19-16(17)3-2-7-23-19/h2-5,7,13,15,18H,6,8,10-12,22H2,1H3/t13-,15?,18-/m1/s1. The zero-order valence-electron chi connectivity index (χ0n) is 15.3. The van der Waals surface area contributed by atoms with E-state index in [0.29, 0.717) is 37.3 Å². The van der Waals surface area contributed by atoms with E-state index < -0.39 is 6.10 Å². The number of nitrogens with zero attached hydrogens (tertiary/aromatic N) is 4. The lowest BCUT2D eigenvalue weighted by Crippen LogP contribution is -2.53. The summed E-state index contributed by atoms with van der Waals surface area (Å²) >= 11 is 0. The molecule has 0 bridgehead atoms. The minimum absolute atomic E-state index is 0.00979. The van der Waals surface area contributed by atoms with Crippen LogP contribution >= 0.6 is 0 Å². The van der Waals surface area contributed by atoms with E-state index in [0.717, 1.165) is 17.5 Å². The van der Waals surface area contributed by atoms with E-state index >= 15 is 0 Å². The van der Waals surface area contributed by atoms with Crippen molar-refractivity contribution in [2.24, 2.45) is 5.73 Å². The van der Waals surface area contributed by atoms with Crippen LogP contribution in [0.5, 0.6) is 0 Å². The monoisotopic (exact) mass is 365 g/mol. The molecule has 0 aliphatic carbocycles. The molecule has 3 atom stereocenters. The Balaban J connectivity index is 1.63. The molecule has 140 valence electrons. The van der Waals surface area contributed by atoms with Crippen molar-refractivity contribution in [2.75, 3.05) is 31.1 Å². The molecule has 7 nitrogen and oxygen atoms in total. The highest BCUT2D eigenvalue weighted by Gasteiger charge is 2.36. The highest BCUT2D eigenvalue weighted by atomic mass is 16.5. The van der Waals surface area contributed by atoms with Crippen LogP contribution in [0.2, 0.25) is 0 Å². The van der Waals surface area contributed by atoms with Crippen LogP contribution in [0.4, 0.5) is 5.69 Å². The van der Waals surface area contributed by atoms with Gasteiger partial charge in [-0.1, -0.05) is 0 Å². The third-order valence-corrected chi connectivity index (χ3v) is 5.28. The zero-order valence-corrected chi connectivity index (χ0v) is 15.3. The van der Waals surface area contributed by atoms with E-state index in [1.165, 1.54) is 0 Å². The number of nitriles is 1. The van der Waals surface area contributed by atoms with E-state index in [4.69, 9.17) is 10.5 Å². The number of rotatable bonds is 2. The number of ether oxygens (including phenoxy) is 1. The predicted molar refractivity (Wildman–Crippen MR) is 102 cm³/mol. The number of amides is 1. The van der Waals surface area contributed by atoms with Crippen molar-refractivity contribution in [1.82, 2.24) is 9.88 Å². The van der Waals surface area contributed by atoms with Gasteiger partial charge in [-0.05, 0) is 37.6 Å². The van der Waals surface area contributed by atoms with Crippen molar-refractivity contribution in [2.45, 2.75) is 31.6 Å². The molecule has 1 unspecified atom stereocenters. The topological polar surface area (TPSA) is 95.5 Å². The maximum Gasteiger partial charge on any atom is 0.253 e. The van der Waals surface area contributed by atoms with E-state index in [-0.39, 0.29) is 18.1 Å². The SMILES string of the molecule is C[C@@H]1CN(c2ccc(C#N)c3ncccc23)C[C@H](C(=O)N2CCC(N)C2)O1. The van der Waals surface area contributed by atoms with Crippen LogP contribution in [-0.2, 0) is 9.53 Å². The molecule has 2 N–H and O–H groups in total. The first kappa shape index (κ1) is 17.7. The minimum Gasteiger partial charge on any atom is -0.365 e. The number of carbonyl (C=O) groups excluding carboxylic acids is 1. The Morgan fingerprint density at radius 2 is 2.19 bits per heavy atom. The molecule has 7 heteroatoms. The number of anilines is 1. The van der Waals surface area contributed by atoms with Crippen molar-refractivity contribution in [1.29, 1.82) is 5.26 Å². The van der Waals surface area contributed by atoms with Crippen LogP contribution < -0.4 is 10.6 Å². The fraction of sp³-hybridized carbons (Fsp3) is 0.450.